The van der Waals surface area contributed by atoms with E-state index in [1.54, 1.807) is 0 Å². The van der Waals surface area contributed by atoms with E-state index >= 15 is 0 Å². The molecule has 0 heterocycles. The van der Waals surface area contributed by atoms with Crippen molar-refractivity contribution in [2.24, 2.45) is 0 Å². The average Bonchev–Trinajstić information content (AvgIpc) is 2.41. The van der Waals surface area contributed by atoms with Gasteiger partial charge in [-0.05, 0) is 34.5 Å². The number of benzene rings is 2. The first kappa shape index (κ1) is 13.1. The monoisotopic (exact) mass is 305 g/mol. The van der Waals surface area contributed by atoms with Gasteiger partial charge in [0.15, 0.2) is 0 Å². The second kappa shape index (κ2) is 6.03. The number of para-hydroxylation sites is 1. The van der Waals surface area contributed by atoms with Crippen LogP contribution in [0.3, 0.4) is 0 Å². The molecule has 0 fully saturated rings. The molecule has 1 atom stereocenters. The Morgan fingerprint density at radius 2 is 1.83 bits per heavy atom. The Morgan fingerprint density at radius 3 is 2.56 bits per heavy atom. The van der Waals surface area contributed by atoms with Crippen LogP contribution in [0.25, 0.3) is 0 Å². The van der Waals surface area contributed by atoms with Gasteiger partial charge in [-0.2, -0.15) is 0 Å². The summed E-state index contributed by atoms with van der Waals surface area (Å²) in [5.41, 5.74) is 2.14. The minimum Gasteiger partial charge on any atom is -0.506 e. The van der Waals surface area contributed by atoms with E-state index in [4.69, 9.17) is 0 Å². The molecule has 0 aromatic heterocycles. The van der Waals surface area contributed by atoms with Crippen molar-refractivity contribution in [3.8, 4) is 5.75 Å². The van der Waals surface area contributed by atoms with Gasteiger partial charge in [0.25, 0.3) is 0 Å². The molecule has 0 bridgehead atoms. The van der Waals surface area contributed by atoms with E-state index in [9.17, 15) is 5.11 Å². The van der Waals surface area contributed by atoms with Crippen LogP contribution in [-0.2, 0) is 6.54 Å². The third-order valence-electron chi connectivity index (χ3n) is 2.97. The molecule has 0 amide bonds. The highest BCUT2D eigenvalue weighted by Crippen LogP contribution is 2.27. The average molecular weight is 306 g/mol. The standard InChI is InChI=1S/C15H16BrNO/c1-11(12-6-3-2-4-7-12)17-10-13-8-5-9-14(16)15(13)18/h2-9,11,17-18H,10H2,1H3. The molecule has 0 spiro atoms. The second-order valence-corrected chi connectivity index (χ2v) is 5.12. The molecule has 2 aromatic carbocycles. The molecule has 0 aliphatic heterocycles. The fourth-order valence-electron chi connectivity index (χ4n) is 1.83. The number of phenols is 1. The van der Waals surface area contributed by atoms with Gasteiger partial charge in [0.05, 0.1) is 4.47 Å². The minimum atomic E-state index is 0.254. The lowest BCUT2D eigenvalue weighted by molar-refractivity contribution is 0.457. The van der Waals surface area contributed by atoms with Crippen molar-refractivity contribution in [3.63, 3.8) is 0 Å². The summed E-state index contributed by atoms with van der Waals surface area (Å²) >= 11 is 3.32. The first-order chi connectivity index (χ1) is 8.68. The summed E-state index contributed by atoms with van der Waals surface area (Å²) in [4.78, 5) is 0. The fraction of sp³-hybridized carbons (Fsp3) is 0.200. The van der Waals surface area contributed by atoms with Crippen LogP contribution in [0.1, 0.15) is 24.1 Å². The maximum Gasteiger partial charge on any atom is 0.134 e. The van der Waals surface area contributed by atoms with E-state index in [1.807, 2.05) is 36.4 Å². The molecule has 0 radical (unpaired) electrons. The molecule has 2 N–H and O–H groups in total. The number of rotatable bonds is 4. The van der Waals surface area contributed by atoms with Crippen molar-refractivity contribution in [1.29, 1.82) is 0 Å². The zero-order chi connectivity index (χ0) is 13.0. The molecular weight excluding hydrogens is 290 g/mol. The fourth-order valence-corrected chi connectivity index (χ4v) is 2.23. The van der Waals surface area contributed by atoms with Crippen LogP contribution in [-0.4, -0.2) is 5.11 Å². The number of hydrogen-bond acceptors (Lipinski definition) is 2. The minimum absolute atomic E-state index is 0.254. The molecule has 0 aliphatic rings. The largest absolute Gasteiger partial charge is 0.506 e. The second-order valence-electron chi connectivity index (χ2n) is 4.26. The van der Waals surface area contributed by atoms with Crippen LogP contribution in [0.15, 0.2) is 53.0 Å². The van der Waals surface area contributed by atoms with Crippen molar-refractivity contribution < 1.29 is 5.11 Å². The summed E-state index contributed by atoms with van der Waals surface area (Å²) in [6.07, 6.45) is 0. The van der Waals surface area contributed by atoms with Crippen molar-refractivity contribution >= 4 is 15.9 Å². The van der Waals surface area contributed by atoms with Gasteiger partial charge in [0.2, 0.25) is 0 Å². The lowest BCUT2D eigenvalue weighted by atomic mass is 10.1. The smallest absolute Gasteiger partial charge is 0.134 e. The Hall–Kier alpha value is -1.32. The molecule has 18 heavy (non-hydrogen) atoms. The maximum atomic E-state index is 9.89. The summed E-state index contributed by atoms with van der Waals surface area (Å²) in [6.45, 7) is 2.76. The van der Waals surface area contributed by atoms with Gasteiger partial charge in [-0.3, -0.25) is 0 Å². The molecule has 2 nitrogen and oxygen atoms in total. The normalized spacial score (nSPS) is 12.3. The molecule has 94 valence electrons. The predicted octanol–water partition coefficient (Wildman–Crippen LogP) is 4.01. The van der Waals surface area contributed by atoms with Crippen molar-refractivity contribution in [1.82, 2.24) is 5.32 Å². The van der Waals surface area contributed by atoms with Gasteiger partial charge in [-0.25, -0.2) is 0 Å². The van der Waals surface area contributed by atoms with Crippen LogP contribution in [0.4, 0.5) is 0 Å². The summed E-state index contributed by atoms with van der Waals surface area (Å²) in [5, 5.41) is 13.3. The highest BCUT2D eigenvalue weighted by atomic mass is 79.9. The topological polar surface area (TPSA) is 32.3 Å². The zero-order valence-corrected chi connectivity index (χ0v) is 11.8. The summed E-state index contributed by atoms with van der Waals surface area (Å²) in [6, 6.07) is 16.2. The molecular formula is C15H16BrNO. The zero-order valence-electron chi connectivity index (χ0n) is 10.2. The molecule has 2 rings (SSSR count). The molecule has 3 heteroatoms. The van der Waals surface area contributed by atoms with E-state index in [-0.39, 0.29) is 6.04 Å². The van der Waals surface area contributed by atoms with Gasteiger partial charge >= 0.3 is 0 Å². The maximum absolute atomic E-state index is 9.89. The van der Waals surface area contributed by atoms with E-state index < -0.39 is 0 Å². The summed E-state index contributed by atoms with van der Waals surface area (Å²) < 4.78 is 0.731. The molecule has 1 unspecified atom stereocenters. The van der Waals surface area contributed by atoms with Crippen LogP contribution < -0.4 is 5.32 Å². The van der Waals surface area contributed by atoms with Crippen LogP contribution in [0, 0.1) is 0 Å². The summed E-state index contributed by atoms with van der Waals surface area (Å²) in [7, 11) is 0. The number of phenolic OH excluding ortho intramolecular Hbond substituents is 1. The highest BCUT2D eigenvalue weighted by molar-refractivity contribution is 9.10. The SMILES string of the molecule is CC(NCc1cccc(Br)c1O)c1ccccc1. The van der Waals surface area contributed by atoms with E-state index in [0.717, 1.165) is 10.0 Å². The Kier molecular flexibility index (Phi) is 4.39. The highest BCUT2D eigenvalue weighted by Gasteiger charge is 2.07. The van der Waals surface area contributed by atoms with E-state index in [2.05, 4.69) is 40.3 Å². The third kappa shape index (κ3) is 3.12. The summed E-state index contributed by atoms with van der Waals surface area (Å²) in [5.74, 6) is 0.310. The van der Waals surface area contributed by atoms with Crippen molar-refractivity contribution in [2.45, 2.75) is 19.5 Å². The predicted molar refractivity (Wildman–Crippen MR) is 77.5 cm³/mol. The molecule has 0 saturated carbocycles. The molecule has 2 aromatic rings. The Balaban J connectivity index is 2.02. The number of hydrogen-bond donors (Lipinski definition) is 2. The van der Waals surface area contributed by atoms with Crippen LogP contribution in [0.5, 0.6) is 5.75 Å². The first-order valence-corrected chi connectivity index (χ1v) is 6.72. The van der Waals surface area contributed by atoms with Crippen LogP contribution >= 0.6 is 15.9 Å². The molecule has 0 saturated heterocycles. The molecule has 0 aliphatic carbocycles. The Labute approximate surface area is 116 Å². The lowest BCUT2D eigenvalue weighted by Crippen LogP contribution is -2.18. The van der Waals surface area contributed by atoms with Gasteiger partial charge in [0.1, 0.15) is 5.75 Å². The van der Waals surface area contributed by atoms with Crippen molar-refractivity contribution in [2.75, 3.05) is 0 Å². The number of halogens is 1. The number of nitrogens with one attached hydrogen (secondary N) is 1. The van der Waals surface area contributed by atoms with Gasteiger partial charge < -0.3 is 10.4 Å². The Morgan fingerprint density at radius 1 is 1.11 bits per heavy atom. The van der Waals surface area contributed by atoms with Crippen molar-refractivity contribution in [3.05, 3.63) is 64.1 Å². The third-order valence-corrected chi connectivity index (χ3v) is 3.61. The van der Waals surface area contributed by atoms with Gasteiger partial charge in [-0.15, -0.1) is 0 Å². The lowest BCUT2D eigenvalue weighted by Gasteiger charge is -2.15. The Bertz CT molecular complexity index is 513. The quantitative estimate of drug-likeness (QED) is 0.894. The van der Waals surface area contributed by atoms with E-state index in [1.165, 1.54) is 5.56 Å². The first-order valence-electron chi connectivity index (χ1n) is 5.93. The number of aromatic hydroxyl groups is 1. The van der Waals surface area contributed by atoms with Gasteiger partial charge in [0, 0.05) is 18.2 Å². The van der Waals surface area contributed by atoms with Crippen LogP contribution in [0.2, 0.25) is 0 Å². The van der Waals surface area contributed by atoms with E-state index in [0.29, 0.717) is 12.3 Å². The van der Waals surface area contributed by atoms with Gasteiger partial charge in [-0.1, -0.05) is 42.5 Å².